The predicted molar refractivity (Wildman–Crippen MR) is 73.7 cm³/mol. The molecule has 18 heavy (non-hydrogen) atoms. The topological polar surface area (TPSA) is 24.5 Å². The molecular formula is C15H28N2O. The number of hydrogen-bond donors (Lipinski definition) is 1. The van der Waals surface area contributed by atoms with Crippen molar-refractivity contribution < 1.29 is 4.74 Å². The lowest BCUT2D eigenvalue weighted by atomic mass is 9.88. The molecule has 2 atom stereocenters. The van der Waals surface area contributed by atoms with E-state index in [4.69, 9.17) is 4.74 Å². The molecule has 3 aliphatic rings. The molecule has 3 rings (SSSR count). The summed E-state index contributed by atoms with van der Waals surface area (Å²) in [6, 6.07) is 0.872. The summed E-state index contributed by atoms with van der Waals surface area (Å²) in [6.45, 7) is 7.16. The minimum atomic E-state index is 0.872. The first-order valence-corrected chi connectivity index (χ1v) is 7.96. The second-order valence-corrected chi connectivity index (χ2v) is 6.37. The van der Waals surface area contributed by atoms with E-state index in [0.29, 0.717) is 0 Å². The van der Waals surface area contributed by atoms with Crippen LogP contribution in [0.3, 0.4) is 0 Å². The van der Waals surface area contributed by atoms with E-state index in [1.165, 1.54) is 64.7 Å². The van der Waals surface area contributed by atoms with Crippen molar-refractivity contribution in [3.63, 3.8) is 0 Å². The third-order valence-electron chi connectivity index (χ3n) is 5.14. The third-order valence-corrected chi connectivity index (χ3v) is 5.14. The van der Waals surface area contributed by atoms with Crippen LogP contribution in [0.25, 0.3) is 0 Å². The lowest BCUT2D eigenvalue weighted by Crippen LogP contribution is -2.50. The summed E-state index contributed by atoms with van der Waals surface area (Å²) in [5.41, 5.74) is 0. The Bertz CT molecular complexity index is 253. The van der Waals surface area contributed by atoms with Crippen molar-refractivity contribution in [2.45, 2.75) is 44.6 Å². The molecule has 0 radical (unpaired) electrons. The Morgan fingerprint density at radius 1 is 1.06 bits per heavy atom. The van der Waals surface area contributed by atoms with Crippen LogP contribution in [0.1, 0.15) is 38.5 Å². The molecule has 0 saturated carbocycles. The summed E-state index contributed by atoms with van der Waals surface area (Å²) in [6.07, 6.45) is 8.23. The highest BCUT2D eigenvalue weighted by atomic mass is 16.5. The number of fused-ring (bicyclic) bond motifs is 1. The van der Waals surface area contributed by atoms with Gasteiger partial charge in [0.15, 0.2) is 0 Å². The van der Waals surface area contributed by atoms with Gasteiger partial charge in [-0.15, -0.1) is 0 Å². The molecular weight excluding hydrogens is 224 g/mol. The summed E-state index contributed by atoms with van der Waals surface area (Å²) in [7, 11) is 0. The molecule has 3 heteroatoms. The third kappa shape index (κ3) is 3.06. The van der Waals surface area contributed by atoms with Crippen LogP contribution in [0.2, 0.25) is 0 Å². The Labute approximate surface area is 111 Å². The normalized spacial score (nSPS) is 36.0. The number of piperidine rings is 1. The van der Waals surface area contributed by atoms with Gasteiger partial charge in [-0.1, -0.05) is 6.42 Å². The molecule has 3 saturated heterocycles. The fourth-order valence-electron chi connectivity index (χ4n) is 4.06. The highest BCUT2D eigenvalue weighted by molar-refractivity contribution is 4.88. The Balaban J connectivity index is 1.60. The fourth-order valence-corrected chi connectivity index (χ4v) is 4.06. The van der Waals surface area contributed by atoms with E-state index in [9.17, 15) is 0 Å². The minimum absolute atomic E-state index is 0.872. The number of likely N-dealkylation sites (tertiary alicyclic amines) is 1. The van der Waals surface area contributed by atoms with Crippen molar-refractivity contribution in [2.75, 3.05) is 39.4 Å². The molecule has 0 aliphatic carbocycles. The largest absolute Gasteiger partial charge is 0.381 e. The zero-order chi connectivity index (χ0) is 12.2. The number of ether oxygens (including phenoxy) is 1. The molecule has 0 spiro atoms. The summed E-state index contributed by atoms with van der Waals surface area (Å²) >= 11 is 0. The molecule has 3 aliphatic heterocycles. The molecule has 0 aromatic rings. The maximum Gasteiger partial charge on any atom is 0.0469 e. The van der Waals surface area contributed by atoms with Crippen LogP contribution in [-0.2, 0) is 4.74 Å². The average molecular weight is 252 g/mol. The first kappa shape index (κ1) is 12.9. The van der Waals surface area contributed by atoms with E-state index in [2.05, 4.69) is 10.2 Å². The van der Waals surface area contributed by atoms with E-state index in [0.717, 1.165) is 31.1 Å². The molecule has 3 fully saturated rings. The zero-order valence-corrected chi connectivity index (χ0v) is 11.6. The summed E-state index contributed by atoms with van der Waals surface area (Å²) in [4.78, 5) is 2.84. The molecule has 1 N–H and O–H groups in total. The lowest BCUT2D eigenvalue weighted by molar-refractivity contribution is 0.0360. The van der Waals surface area contributed by atoms with Crippen LogP contribution in [0.5, 0.6) is 0 Å². The Hall–Kier alpha value is -0.120. The van der Waals surface area contributed by atoms with Gasteiger partial charge in [0.2, 0.25) is 0 Å². The molecule has 0 unspecified atom stereocenters. The predicted octanol–water partition coefficient (Wildman–Crippen LogP) is 1.88. The van der Waals surface area contributed by atoms with E-state index in [1.54, 1.807) is 0 Å². The van der Waals surface area contributed by atoms with Gasteiger partial charge in [-0.3, -0.25) is 4.90 Å². The van der Waals surface area contributed by atoms with Crippen molar-refractivity contribution in [1.29, 1.82) is 0 Å². The standard InChI is InChI=1S/C15H28N2O/c1-2-8-17(12-13-5-9-18-10-6-13)15-4-7-16-11-14(15)3-1/h13-16H,1-12H2/t14-,15+/m0/s1. The van der Waals surface area contributed by atoms with Crippen molar-refractivity contribution in [2.24, 2.45) is 11.8 Å². The highest BCUT2D eigenvalue weighted by Gasteiger charge is 2.32. The van der Waals surface area contributed by atoms with Gasteiger partial charge in [-0.2, -0.15) is 0 Å². The van der Waals surface area contributed by atoms with Crippen molar-refractivity contribution in [3.8, 4) is 0 Å². The molecule has 3 nitrogen and oxygen atoms in total. The second kappa shape index (κ2) is 6.36. The van der Waals surface area contributed by atoms with Gasteiger partial charge in [0, 0.05) is 25.8 Å². The van der Waals surface area contributed by atoms with Crippen molar-refractivity contribution >= 4 is 0 Å². The van der Waals surface area contributed by atoms with Crippen LogP contribution < -0.4 is 5.32 Å². The van der Waals surface area contributed by atoms with Gasteiger partial charge in [0.25, 0.3) is 0 Å². The van der Waals surface area contributed by atoms with Crippen LogP contribution >= 0.6 is 0 Å². The van der Waals surface area contributed by atoms with Crippen LogP contribution in [0.15, 0.2) is 0 Å². The summed E-state index contributed by atoms with van der Waals surface area (Å²) in [5.74, 6) is 1.81. The Morgan fingerprint density at radius 2 is 1.94 bits per heavy atom. The minimum Gasteiger partial charge on any atom is -0.381 e. The average Bonchev–Trinajstić information content (AvgIpc) is 2.63. The first-order chi connectivity index (χ1) is 8.93. The zero-order valence-electron chi connectivity index (χ0n) is 11.6. The van der Waals surface area contributed by atoms with Crippen molar-refractivity contribution in [3.05, 3.63) is 0 Å². The van der Waals surface area contributed by atoms with Crippen molar-refractivity contribution in [1.82, 2.24) is 10.2 Å². The molecule has 3 heterocycles. The van der Waals surface area contributed by atoms with E-state index in [-0.39, 0.29) is 0 Å². The maximum atomic E-state index is 5.49. The Morgan fingerprint density at radius 3 is 2.83 bits per heavy atom. The number of hydrogen-bond acceptors (Lipinski definition) is 3. The highest BCUT2D eigenvalue weighted by Crippen LogP contribution is 2.29. The molecule has 104 valence electrons. The summed E-state index contributed by atoms with van der Waals surface area (Å²) < 4.78 is 5.49. The maximum absolute atomic E-state index is 5.49. The molecule has 0 aromatic carbocycles. The molecule has 0 bridgehead atoms. The van der Waals surface area contributed by atoms with Gasteiger partial charge >= 0.3 is 0 Å². The fraction of sp³-hybridized carbons (Fsp3) is 1.00. The van der Waals surface area contributed by atoms with Gasteiger partial charge in [-0.05, 0) is 63.6 Å². The second-order valence-electron chi connectivity index (χ2n) is 6.37. The molecule has 0 amide bonds. The van der Waals surface area contributed by atoms with E-state index >= 15 is 0 Å². The van der Waals surface area contributed by atoms with Crippen LogP contribution in [-0.4, -0.2) is 50.3 Å². The van der Waals surface area contributed by atoms with E-state index < -0.39 is 0 Å². The smallest absolute Gasteiger partial charge is 0.0469 e. The first-order valence-electron chi connectivity index (χ1n) is 7.96. The number of rotatable bonds is 2. The van der Waals surface area contributed by atoms with Crippen LogP contribution in [0, 0.1) is 11.8 Å². The number of nitrogens with one attached hydrogen (secondary N) is 1. The van der Waals surface area contributed by atoms with E-state index in [1.807, 2.05) is 0 Å². The monoisotopic (exact) mass is 252 g/mol. The molecule has 0 aromatic heterocycles. The van der Waals surface area contributed by atoms with Crippen LogP contribution in [0.4, 0.5) is 0 Å². The van der Waals surface area contributed by atoms with Gasteiger partial charge in [0.05, 0.1) is 0 Å². The number of nitrogens with zero attached hydrogens (tertiary/aromatic N) is 1. The van der Waals surface area contributed by atoms with Gasteiger partial charge < -0.3 is 10.1 Å². The lowest BCUT2D eigenvalue weighted by Gasteiger charge is -2.40. The Kier molecular flexibility index (Phi) is 4.55. The SMILES string of the molecule is C1CCN(CC2CCOCC2)[C@@H]2CCNC[C@@H]2C1. The quantitative estimate of drug-likeness (QED) is 0.812. The van der Waals surface area contributed by atoms with Gasteiger partial charge in [-0.25, -0.2) is 0 Å². The van der Waals surface area contributed by atoms with Gasteiger partial charge in [0.1, 0.15) is 0 Å². The summed E-state index contributed by atoms with van der Waals surface area (Å²) in [5, 5.41) is 3.59.